The second-order valence-corrected chi connectivity index (χ2v) is 8.72. The van der Waals surface area contributed by atoms with Gasteiger partial charge in [0.25, 0.3) is 10.1 Å². The van der Waals surface area contributed by atoms with Gasteiger partial charge in [0.05, 0.1) is 4.90 Å². The van der Waals surface area contributed by atoms with Gasteiger partial charge in [0.15, 0.2) is 5.78 Å². The molecule has 5 nitrogen and oxygen atoms in total. The Morgan fingerprint density at radius 1 is 0.852 bits per heavy atom. The SMILES string of the molecule is O=C(c1ccc(Oc2ccc(S(=O)(=O)O)cc2)cc1)c1cc(Br)ccc1Br. The van der Waals surface area contributed by atoms with Gasteiger partial charge in [-0.1, -0.05) is 31.9 Å². The lowest BCUT2D eigenvalue weighted by atomic mass is 10.0. The van der Waals surface area contributed by atoms with Gasteiger partial charge >= 0.3 is 0 Å². The zero-order valence-electron chi connectivity index (χ0n) is 13.6. The van der Waals surface area contributed by atoms with Crippen molar-refractivity contribution in [2.45, 2.75) is 4.90 Å². The van der Waals surface area contributed by atoms with E-state index in [9.17, 15) is 13.2 Å². The number of rotatable bonds is 5. The van der Waals surface area contributed by atoms with E-state index in [1.807, 2.05) is 6.07 Å². The Bertz CT molecular complexity index is 1090. The largest absolute Gasteiger partial charge is 0.457 e. The molecule has 8 heteroatoms. The molecule has 3 aromatic carbocycles. The third kappa shape index (κ3) is 4.84. The van der Waals surface area contributed by atoms with Crippen LogP contribution in [0.25, 0.3) is 0 Å². The van der Waals surface area contributed by atoms with Gasteiger partial charge in [-0.2, -0.15) is 8.42 Å². The van der Waals surface area contributed by atoms with Crippen LogP contribution < -0.4 is 4.74 Å². The fourth-order valence-electron chi connectivity index (χ4n) is 2.32. The lowest BCUT2D eigenvalue weighted by molar-refractivity contribution is 0.103. The molecule has 3 aromatic rings. The summed E-state index contributed by atoms with van der Waals surface area (Å²) in [6.45, 7) is 0. The van der Waals surface area contributed by atoms with Crippen molar-refractivity contribution in [3.63, 3.8) is 0 Å². The van der Waals surface area contributed by atoms with E-state index >= 15 is 0 Å². The monoisotopic (exact) mass is 510 g/mol. The maximum absolute atomic E-state index is 12.6. The second-order valence-electron chi connectivity index (χ2n) is 5.53. The third-order valence-electron chi connectivity index (χ3n) is 3.65. The van der Waals surface area contributed by atoms with Crippen molar-refractivity contribution < 1.29 is 22.5 Å². The lowest BCUT2D eigenvalue weighted by Crippen LogP contribution is -2.02. The molecule has 0 heterocycles. The molecule has 1 N–H and O–H groups in total. The molecular weight excluding hydrogens is 500 g/mol. The van der Waals surface area contributed by atoms with E-state index < -0.39 is 10.1 Å². The van der Waals surface area contributed by atoms with Crippen LogP contribution in [-0.2, 0) is 10.1 Å². The first-order valence-electron chi connectivity index (χ1n) is 7.59. The molecule has 0 saturated heterocycles. The Balaban J connectivity index is 1.77. The molecule has 0 amide bonds. The van der Waals surface area contributed by atoms with Gasteiger partial charge in [-0.05, 0) is 66.7 Å². The van der Waals surface area contributed by atoms with Crippen LogP contribution >= 0.6 is 31.9 Å². The van der Waals surface area contributed by atoms with Gasteiger partial charge in [0.2, 0.25) is 0 Å². The smallest absolute Gasteiger partial charge is 0.294 e. The summed E-state index contributed by atoms with van der Waals surface area (Å²) in [7, 11) is -4.24. The molecule has 0 radical (unpaired) electrons. The fourth-order valence-corrected chi connectivity index (χ4v) is 3.58. The summed E-state index contributed by atoms with van der Waals surface area (Å²) in [5, 5.41) is 0. The van der Waals surface area contributed by atoms with Crippen LogP contribution in [0.1, 0.15) is 15.9 Å². The average Bonchev–Trinajstić information content (AvgIpc) is 2.63. The van der Waals surface area contributed by atoms with Gasteiger partial charge in [-0.3, -0.25) is 9.35 Å². The third-order valence-corrected chi connectivity index (χ3v) is 5.70. The number of carbonyl (C=O) groups is 1. The van der Waals surface area contributed by atoms with Crippen LogP contribution in [0.5, 0.6) is 11.5 Å². The van der Waals surface area contributed by atoms with Crippen LogP contribution in [0, 0.1) is 0 Å². The molecule has 0 spiro atoms. The molecule has 0 bridgehead atoms. The lowest BCUT2D eigenvalue weighted by Gasteiger charge is -2.08. The van der Waals surface area contributed by atoms with E-state index in [1.165, 1.54) is 24.3 Å². The predicted molar refractivity (Wildman–Crippen MR) is 108 cm³/mol. The van der Waals surface area contributed by atoms with Crippen molar-refractivity contribution in [3.05, 3.63) is 86.8 Å². The Hall–Kier alpha value is -2.00. The Morgan fingerprint density at radius 2 is 1.41 bits per heavy atom. The fraction of sp³-hybridized carbons (Fsp3) is 0. The normalized spacial score (nSPS) is 11.2. The van der Waals surface area contributed by atoms with E-state index in [1.54, 1.807) is 36.4 Å². The zero-order chi connectivity index (χ0) is 19.6. The number of hydrogen-bond acceptors (Lipinski definition) is 4. The van der Waals surface area contributed by atoms with E-state index in [2.05, 4.69) is 31.9 Å². The Morgan fingerprint density at radius 3 is 1.96 bits per heavy atom. The standard InChI is InChI=1S/C19H12Br2O5S/c20-13-3-10-18(21)17(11-13)19(22)12-1-4-14(5-2-12)26-15-6-8-16(9-7-15)27(23,24)25/h1-11H,(H,23,24,25). The summed E-state index contributed by atoms with van der Waals surface area (Å²) in [6.07, 6.45) is 0. The molecule has 0 fully saturated rings. The number of carbonyl (C=O) groups excluding carboxylic acids is 1. The van der Waals surface area contributed by atoms with Crippen molar-refractivity contribution in [1.82, 2.24) is 0 Å². The summed E-state index contributed by atoms with van der Waals surface area (Å²) >= 11 is 6.74. The van der Waals surface area contributed by atoms with Gasteiger partial charge in [0, 0.05) is 20.1 Å². The Labute approximate surface area is 173 Å². The number of ether oxygens (including phenoxy) is 1. The Kier molecular flexibility index (Phi) is 5.81. The number of benzene rings is 3. The summed E-state index contributed by atoms with van der Waals surface area (Å²) in [5.41, 5.74) is 1.04. The van der Waals surface area contributed by atoms with Crippen molar-refractivity contribution in [1.29, 1.82) is 0 Å². The zero-order valence-corrected chi connectivity index (χ0v) is 17.6. The van der Waals surface area contributed by atoms with E-state index in [-0.39, 0.29) is 10.7 Å². The van der Waals surface area contributed by atoms with E-state index in [0.29, 0.717) is 27.1 Å². The van der Waals surface area contributed by atoms with Crippen molar-refractivity contribution >= 4 is 47.8 Å². The maximum Gasteiger partial charge on any atom is 0.294 e. The first-order valence-corrected chi connectivity index (χ1v) is 10.6. The van der Waals surface area contributed by atoms with E-state index in [4.69, 9.17) is 9.29 Å². The topological polar surface area (TPSA) is 80.7 Å². The molecule has 0 atom stereocenters. The highest BCUT2D eigenvalue weighted by atomic mass is 79.9. The van der Waals surface area contributed by atoms with Crippen LogP contribution in [0.4, 0.5) is 0 Å². The first-order chi connectivity index (χ1) is 12.7. The summed E-state index contributed by atoms with van der Waals surface area (Å²) < 4.78 is 38.2. The van der Waals surface area contributed by atoms with Gasteiger partial charge in [-0.15, -0.1) is 0 Å². The first kappa shape index (κ1) is 19.8. The average molecular weight is 512 g/mol. The summed E-state index contributed by atoms with van der Waals surface area (Å²) in [5.74, 6) is 0.753. The van der Waals surface area contributed by atoms with Crippen LogP contribution in [0.3, 0.4) is 0 Å². The summed E-state index contributed by atoms with van der Waals surface area (Å²) in [4.78, 5) is 12.4. The molecule has 0 aliphatic heterocycles. The maximum atomic E-state index is 12.6. The predicted octanol–water partition coefficient (Wildman–Crippen LogP) is 5.48. The minimum atomic E-state index is -4.24. The highest BCUT2D eigenvalue weighted by molar-refractivity contribution is 9.11. The molecule has 0 unspecified atom stereocenters. The van der Waals surface area contributed by atoms with Crippen LogP contribution in [-0.4, -0.2) is 18.8 Å². The number of halogens is 2. The van der Waals surface area contributed by atoms with Gasteiger partial charge in [0.1, 0.15) is 11.5 Å². The van der Waals surface area contributed by atoms with Crippen molar-refractivity contribution in [3.8, 4) is 11.5 Å². The number of ketones is 1. The van der Waals surface area contributed by atoms with Gasteiger partial charge < -0.3 is 4.74 Å². The highest BCUT2D eigenvalue weighted by Gasteiger charge is 2.14. The molecule has 0 aliphatic carbocycles. The van der Waals surface area contributed by atoms with Crippen LogP contribution in [0.2, 0.25) is 0 Å². The highest BCUT2D eigenvalue weighted by Crippen LogP contribution is 2.26. The second kappa shape index (κ2) is 7.93. The molecule has 138 valence electrons. The minimum Gasteiger partial charge on any atom is -0.457 e. The molecule has 27 heavy (non-hydrogen) atoms. The quantitative estimate of drug-likeness (QED) is 0.362. The molecule has 0 aliphatic rings. The van der Waals surface area contributed by atoms with Crippen molar-refractivity contribution in [2.75, 3.05) is 0 Å². The molecule has 0 saturated carbocycles. The minimum absolute atomic E-state index is 0.132. The van der Waals surface area contributed by atoms with Gasteiger partial charge in [-0.25, -0.2) is 0 Å². The molecule has 0 aromatic heterocycles. The van der Waals surface area contributed by atoms with E-state index in [0.717, 1.165) is 4.47 Å². The molecule has 3 rings (SSSR count). The molecular formula is C19H12Br2O5S. The van der Waals surface area contributed by atoms with Crippen LogP contribution in [0.15, 0.2) is 80.6 Å². The number of hydrogen-bond donors (Lipinski definition) is 1. The summed E-state index contributed by atoms with van der Waals surface area (Å²) in [6, 6.07) is 17.3. The van der Waals surface area contributed by atoms with Crippen molar-refractivity contribution in [2.24, 2.45) is 0 Å².